The molecule has 1 aromatic carbocycles. The van der Waals surface area contributed by atoms with Crippen molar-refractivity contribution in [1.82, 2.24) is 16.3 Å². The van der Waals surface area contributed by atoms with Crippen LogP contribution in [0.3, 0.4) is 0 Å². The van der Waals surface area contributed by atoms with E-state index < -0.39 is 0 Å². The number of hydroxylamine groups is 1. The molecular formula is C12H16BrN3O2. The van der Waals surface area contributed by atoms with Gasteiger partial charge in [0.2, 0.25) is 0 Å². The molecule has 0 aromatic heterocycles. The molecule has 1 aliphatic heterocycles. The van der Waals surface area contributed by atoms with Crippen molar-refractivity contribution in [2.24, 2.45) is 0 Å². The Labute approximate surface area is 114 Å². The molecular weight excluding hydrogens is 298 g/mol. The molecule has 2 rings (SSSR count). The fraction of sp³-hybridized carbons (Fsp3) is 0.417. The second kappa shape index (κ2) is 6.29. The van der Waals surface area contributed by atoms with Crippen LogP contribution in [-0.4, -0.2) is 23.4 Å². The molecule has 1 amide bonds. The molecule has 6 heteroatoms. The van der Waals surface area contributed by atoms with Gasteiger partial charge < -0.3 is 0 Å². The van der Waals surface area contributed by atoms with Gasteiger partial charge in [0.25, 0.3) is 5.91 Å². The molecule has 1 fully saturated rings. The largest absolute Gasteiger partial charge is 0.274 e. The van der Waals surface area contributed by atoms with Gasteiger partial charge in [-0.3, -0.25) is 9.63 Å². The molecule has 0 aliphatic carbocycles. The van der Waals surface area contributed by atoms with E-state index >= 15 is 0 Å². The summed E-state index contributed by atoms with van der Waals surface area (Å²) in [6.07, 6.45) is 0. The van der Waals surface area contributed by atoms with Gasteiger partial charge in [-0.25, -0.2) is 16.3 Å². The third-order valence-corrected chi connectivity index (χ3v) is 3.85. The zero-order valence-electron chi connectivity index (χ0n) is 10.0. The maximum Gasteiger partial charge on any atom is 0.263 e. The van der Waals surface area contributed by atoms with Gasteiger partial charge in [-0.1, -0.05) is 46.3 Å². The lowest BCUT2D eigenvalue weighted by Gasteiger charge is -2.16. The average Bonchev–Trinajstić information content (AvgIpc) is 2.79. The Balaban J connectivity index is 2.01. The van der Waals surface area contributed by atoms with E-state index in [1.54, 1.807) is 0 Å². The van der Waals surface area contributed by atoms with Crippen molar-refractivity contribution in [2.45, 2.75) is 23.8 Å². The van der Waals surface area contributed by atoms with E-state index in [1.807, 2.05) is 37.3 Å². The highest BCUT2D eigenvalue weighted by molar-refractivity contribution is 9.09. The van der Waals surface area contributed by atoms with Crippen molar-refractivity contribution in [3.8, 4) is 0 Å². The summed E-state index contributed by atoms with van der Waals surface area (Å²) in [7, 11) is 0. The number of rotatable bonds is 4. The van der Waals surface area contributed by atoms with Crippen LogP contribution in [0.2, 0.25) is 0 Å². The molecule has 1 saturated heterocycles. The predicted octanol–water partition coefficient (Wildman–Crippen LogP) is 1.04. The number of nitrogens with one attached hydrogen (secondary N) is 3. The van der Waals surface area contributed by atoms with Crippen LogP contribution < -0.4 is 16.3 Å². The topological polar surface area (TPSA) is 62.4 Å². The summed E-state index contributed by atoms with van der Waals surface area (Å²) in [6.45, 7) is 2.26. The fourth-order valence-corrected chi connectivity index (χ4v) is 2.69. The summed E-state index contributed by atoms with van der Waals surface area (Å²) >= 11 is 3.56. The molecule has 5 nitrogen and oxygen atoms in total. The molecule has 0 spiro atoms. The number of alkyl halides is 1. The average molecular weight is 314 g/mol. The van der Waals surface area contributed by atoms with E-state index in [0.29, 0.717) is 6.61 Å². The summed E-state index contributed by atoms with van der Waals surface area (Å²) in [5, 5.41) is 0. The number of amides is 1. The first-order valence-corrected chi connectivity index (χ1v) is 6.77. The lowest BCUT2D eigenvalue weighted by Crippen LogP contribution is -2.45. The quantitative estimate of drug-likeness (QED) is 0.574. The molecule has 3 N–H and O–H groups in total. The highest BCUT2D eigenvalue weighted by Crippen LogP contribution is 2.28. The van der Waals surface area contributed by atoms with E-state index in [-0.39, 0.29) is 22.8 Å². The maximum absolute atomic E-state index is 11.8. The molecule has 98 valence electrons. The minimum Gasteiger partial charge on any atom is -0.274 e. The smallest absolute Gasteiger partial charge is 0.263 e. The van der Waals surface area contributed by atoms with E-state index in [4.69, 9.17) is 4.84 Å². The van der Waals surface area contributed by atoms with E-state index in [2.05, 4.69) is 32.3 Å². The molecule has 3 atom stereocenters. The first-order chi connectivity index (χ1) is 8.74. The number of halogens is 1. The molecule has 0 bridgehead atoms. The Kier molecular flexibility index (Phi) is 4.71. The van der Waals surface area contributed by atoms with Gasteiger partial charge in [0.05, 0.1) is 17.5 Å². The van der Waals surface area contributed by atoms with Gasteiger partial charge in [-0.15, -0.1) is 0 Å². The lowest BCUT2D eigenvalue weighted by atomic mass is 10.0. The van der Waals surface area contributed by atoms with Crippen LogP contribution in [0.15, 0.2) is 30.3 Å². The molecule has 1 aromatic rings. The molecule has 18 heavy (non-hydrogen) atoms. The first-order valence-electron chi connectivity index (χ1n) is 5.85. The second-order valence-electron chi connectivity index (χ2n) is 4.00. The van der Waals surface area contributed by atoms with E-state index in [0.717, 1.165) is 5.56 Å². The first kappa shape index (κ1) is 13.5. The van der Waals surface area contributed by atoms with E-state index in [9.17, 15) is 4.79 Å². The SMILES string of the molecule is CCONC(=O)C1NNC(c2ccccc2)C1Br. The highest BCUT2D eigenvalue weighted by atomic mass is 79.9. The van der Waals surface area contributed by atoms with Crippen molar-refractivity contribution in [3.63, 3.8) is 0 Å². The van der Waals surface area contributed by atoms with Gasteiger partial charge >= 0.3 is 0 Å². The third-order valence-electron chi connectivity index (χ3n) is 2.79. The Morgan fingerprint density at radius 1 is 1.39 bits per heavy atom. The summed E-state index contributed by atoms with van der Waals surface area (Å²) < 4.78 is 0. The van der Waals surface area contributed by atoms with Gasteiger partial charge in [-0.05, 0) is 12.5 Å². The minimum atomic E-state index is -0.373. The standard InChI is InChI=1S/C12H16BrN3O2/c1-2-18-16-12(17)11-9(13)10(14-15-11)8-6-4-3-5-7-8/h3-7,9-11,14-15H,2H2,1H3,(H,16,17). The Morgan fingerprint density at radius 3 is 2.78 bits per heavy atom. The monoisotopic (exact) mass is 313 g/mol. The van der Waals surface area contributed by atoms with Gasteiger partial charge in [0.1, 0.15) is 6.04 Å². The zero-order chi connectivity index (χ0) is 13.0. The summed E-state index contributed by atoms with van der Waals surface area (Å²) in [4.78, 5) is 16.7. The predicted molar refractivity (Wildman–Crippen MR) is 71.7 cm³/mol. The normalized spacial score (nSPS) is 27.1. The number of hydrazine groups is 1. The second-order valence-corrected chi connectivity index (χ2v) is 5.06. The summed E-state index contributed by atoms with van der Waals surface area (Å²) in [5.41, 5.74) is 9.62. The van der Waals surface area contributed by atoms with Gasteiger partial charge in [0, 0.05) is 0 Å². The third kappa shape index (κ3) is 2.89. The number of hydrogen-bond acceptors (Lipinski definition) is 4. The van der Waals surface area contributed by atoms with Crippen molar-refractivity contribution in [2.75, 3.05) is 6.61 Å². The van der Waals surface area contributed by atoms with Crippen molar-refractivity contribution >= 4 is 21.8 Å². The Morgan fingerprint density at radius 2 is 2.11 bits per heavy atom. The minimum absolute atomic E-state index is 0.0413. The van der Waals surface area contributed by atoms with Crippen LogP contribution in [0.4, 0.5) is 0 Å². The molecule has 0 radical (unpaired) electrons. The number of carbonyl (C=O) groups excluding carboxylic acids is 1. The number of hydrogen-bond donors (Lipinski definition) is 3. The molecule has 1 aliphatic rings. The van der Waals surface area contributed by atoms with Gasteiger partial charge in [0.15, 0.2) is 0 Å². The number of benzene rings is 1. The summed E-state index contributed by atoms with van der Waals surface area (Å²) in [5.74, 6) is -0.190. The van der Waals surface area contributed by atoms with Crippen LogP contribution in [0.5, 0.6) is 0 Å². The van der Waals surface area contributed by atoms with Crippen molar-refractivity contribution in [3.05, 3.63) is 35.9 Å². The zero-order valence-corrected chi connectivity index (χ0v) is 11.6. The van der Waals surface area contributed by atoms with Gasteiger partial charge in [-0.2, -0.15) is 0 Å². The fourth-order valence-electron chi connectivity index (χ4n) is 1.88. The molecule has 1 heterocycles. The van der Waals surface area contributed by atoms with Crippen LogP contribution >= 0.6 is 15.9 Å². The van der Waals surface area contributed by atoms with Crippen LogP contribution in [-0.2, 0) is 9.63 Å². The Hall–Kier alpha value is -0.950. The Bertz CT molecular complexity index is 402. The van der Waals surface area contributed by atoms with Crippen LogP contribution in [0.1, 0.15) is 18.5 Å². The number of carbonyl (C=O) groups is 1. The molecule has 0 saturated carbocycles. The highest BCUT2D eigenvalue weighted by Gasteiger charge is 2.39. The van der Waals surface area contributed by atoms with Crippen molar-refractivity contribution in [1.29, 1.82) is 0 Å². The van der Waals surface area contributed by atoms with Crippen LogP contribution in [0, 0.1) is 0 Å². The molecule has 3 unspecified atom stereocenters. The summed E-state index contributed by atoms with van der Waals surface area (Å²) in [6, 6.07) is 9.64. The lowest BCUT2D eigenvalue weighted by molar-refractivity contribution is -0.134. The van der Waals surface area contributed by atoms with Crippen molar-refractivity contribution < 1.29 is 9.63 Å². The maximum atomic E-state index is 11.8. The van der Waals surface area contributed by atoms with E-state index in [1.165, 1.54) is 0 Å². The van der Waals surface area contributed by atoms with Crippen LogP contribution in [0.25, 0.3) is 0 Å².